The highest BCUT2D eigenvalue weighted by molar-refractivity contribution is 5.96. The molecule has 0 spiro atoms. The van der Waals surface area contributed by atoms with Crippen LogP contribution in [0.5, 0.6) is 0 Å². The van der Waals surface area contributed by atoms with E-state index in [4.69, 9.17) is 15.9 Å². The normalized spacial score (nSPS) is 10.8. The summed E-state index contributed by atoms with van der Waals surface area (Å²) in [5.41, 5.74) is 7.49. The summed E-state index contributed by atoms with van der Waals surface area (Å²) >= 11 is 0. The van der Waals surface area contributed by atoms with E-state index >= 15 is 0 Å². The van der Waals surface area contributed by atoms with Crippen LogP contribution in [0.15, 0.2) is 24.3 Å². The summed E-state index contributed by atoms with van der Waals surface area (Å²) in [6.45, 7) is 5.48. The molecular weight excluding hydrogens is 214 g/mol. The topological polar surface area (TPSA) is 62.3 Å². The maximum Gasteiger partial charge on any atom is 0.123 e. The highest BCUT2D eigenvalue weighted by Crippen LogP contribution is 2.11. The fraction of sp³-hybridized carbons (Fsp3) is 0.462. The first-order valence-electron chi connectivity index (χ1n) is 5.82. The molecular formula is C13H21N3O. The van der Waals surface area contributed by atoms with E-state index in [1.807, 2.05) is 24.3 Å². The number of likely N-dealkylation sites (N-methyl/N-ethyl adjacent to an activating group) is 1. The number of amidine groups is 1. The van der Waals surface area contributed by atoms with E-state index in [-0.39, 0.29) is 5.84 Å². The molecule has 0 fully saturated rings. The van der Waals surface area contributed by atoms with E-state index in [1.54, 1.807) is 7.11 Å². The van der Waals surface area contributed by atoms with Crippen molar-refractivity contribution in [2.24, 2.45) is 5.73 Å². The Labute approximate surface area is 103 Å². The molecule has 0 aliphatic rings. The lowest BCUT2D eigenvalue weighted by Gasteiger charge is -2.21. The first kappa shape index (κ1) is 13.7. The molecule has 0 amide bonds. The summed E-state index contributed by atoms with van der Waals surface area (Å²) in [5, 5.41) is 7.55. The summed E-state index contributed by atoms with van der Waals surface area (Å²) in [7, 11) is 1.71. The smallest absolute Gasteiger partial charge is 0.123 e. The van der Waals surface area contributed by atoms with Crippen LogP contribution in [0.3, 0.4) is 0 Å². The number of nitrogens with zero attached hydrogens (tertiary/aromatic N) is 1. The van der Waals surface area contributed by atoms with Crippen LogP contribution in [0.25, 0.3) is 0 Å². The first-order valence-corrected chi connectivity index (χ1v) is 5.82. The Morgan fingerprint density at radius 1 is 1.41 bits per heavy atom. The van der Waals surface area contributed by atoms with Crippen LogP contribution in [0.2, 0.25) is 0 Å². The maximum absolute atomic E-state index is 7.55. The van der Waals surface area contributed by atoms with Gasteiger partial charge >= 0.3 is 0 Å². The molecule has 0 unspecified atom stereocenters. The fourth-order valence-corrected chi connectivity index (χ4v) is 1.73. The van der Waals surface area contributed by atoms with Gasteiger partial charge in [0.05, 0.1) is 6.61 Å². The fourth-order valence-electron chi connectivity index (χ4n) is 1.73. The van der Waals surface area contributed by atoms with Crippen molar-refractivity contribution >= 4 is 5.84 Å². The van der Waals surface area contributed by atoms with Gasteiger partial charge in [0.2, 0.25) is 0 Å². The highest BCUT2D eigenvalue weighted by Gasteiger charge is 2.08. The van der Waals surface area contributed by atoms with E-state index in [0.717, 1.165) is 37.4 Å². The van der Waals surface area contributed by atoms with Crippen molar-refractivity contribution in [3.8, 4) is 0 Å². The molecule has 1 rings (SSSR count). The summed E-state index contributed by atoms with van der Waals surface area (Å²) in [4.78, 5) is 2.27. The van der Waals surface area contributed by atoms with Gasteiger partial charge in [0.1, 0.15) is 5.84 Å². The van der Waals surface area contributed by atoms with Crippen LogP contribution in [-0.2, 0) is 11.3 Å². The summed E-state index contributed by atoms with van der Waals surface area (Å²) in [6.07, 6.45) is 0. The van der Waals surface area contributed by atoms with Crippen molar-refractivity contribution in [3.05, 3.63) is 35.4 Å². The molecule has 4 heteroatoms. The molecule has 0 radical (unpaired) electrons. The van der Waals surface area contributed by atoms with Gasteiger partial charge in [-0.1, -0.05) is 31.2 Å². The van der Waals surface area contributed by atoms with E-state index in [1.165, 1.54) is 0 Å². The quantitative estimate of drug-likeness (QED) is 0.555. The largest absolute Gasteiger partial charge is 0.384 e. The molecule has 0 aliphatic carbocycles. The van der Waals surface area contributed by atoms with Gasteiger partial charge in [0.25, 0.3) is 0 Å². The Bertz CT molecular complexity index is 365. The second-order valence-electron chi connectivity index (χ2n) is 3.93. The van der Waals surface area contributed by atoms with E-state index in [9.17, 15) is 0 Å². The summed E-state index contributed by atoms with van der Waals surface area (Å²) in [5.74, 6) is 0.128. The standard InChI is InChI=1S/C13H21N3O/c1-3-16(8-9-17-2)10-11-6-4-5-7-12(11)13(14)15/h4-7H,3,8-10H2,1-2H3,(H3,14,15). The van der Waals surface area contributed by atoms with Gasteiger partial charge in [0, 0.05) is 25.8 Å². The van der Waals surface area contributed by atoms with Crippen LogP contribution in [-0.4, -0.2) is 37.5 Å². The molecule has 4 nitrogen and oxygen atoms in total. The molecule has 0 aliphatic heterocycles. The lowest BCUT2D eigenvalue weighted by atomic mass is 10.1. The van der Waals surface area contributed by atoms with E-state index < -0.39 is 0 Å². The third-order valence-electron chi connectivity index (χ3n) is 2.76. The van der Waals surface area contributed by atoms with Gasteiger partial charge in [-0.05, 0) is 12.1 Å². The zero-order valence-electron chi connectivity index (χ0n) is 10.6. The molecule has 17 heavy (non-hydrogen) atoms. The number of ether oxygens (including phenoxy) is 1. The third-order valence-corrected chi connectivity index (χ3v) is 2.76. The highest BCUT2D eigenvalue weighted by atomic mass is 16.5. The van der Waals surface area contributed by atoms with Gasteiger partial charge in [-0.2, -0.15) is 0 Å². The molecule has 0 saturated heterocycles. The number of hydrogen-bond donors (Lipinski definition) is 2. The van der Waals surface area contributed by atoms with Crippen LogP contribution >= 0.6 is 0 Å². The van der Waals surface area contributed by atoms with E-state index in [2.05, 4.69) is 11.8 Å². The maximum atomic E-state index is 7.55. The first-order chi connectivity index (χ1) is 8.19. The molecule has 94 valence electrons. The van der Waals surface area contributed by atoms with Crippen molar-refractivity contribution in [1.29, 1.82) is 5.41 Å². The second-order valence-corrected chi connectivity index (χ2v) is 3.93. The van der Waals surface area contributed by atoms with Gasteiger partial charge in [-0.25, -0.2) is 0 Å². The minimum absolute atomic E-state index is 0.128. The Morgan fingerprint density at radius 2 is 2.12 bits per heavy atom. The van der Waals surface area contributed by atoms with Gasteiger partial charge in [-0.3, -0.25) is 10.3 Å². The zero-order chi connectivity index (χ0) is 12.7. The van der Waals surface area contributed by atoms with Crippen molar-refractivity contribution < 1.29 is 4.74 Å². The van der Waals surface area contributed by atoms with Gasteiger partial charge < -0.3 is 10.5 Å². The second kappa shape index (κ2) is 7.04. The van der Waals surface area contributed by atoms with Crippen molar-refractivity contribution in [2.75, 3.05) is 26.8 Å². The van der Waals surface area contributed by atoms with Crippen molar-refractivity contribution in [1.82, 2.24) is 4.90 Å². The number of methoxy groups -OCH3 is 1. The number of benzene rings is 1. The van der Waals surface area contributed by atoms with Crippen LogP contribution in [0.4, 0.5) is 0 Å². The Morgan fingerprint density at radius 3 is 2.71 bits per heavy atom. The lowest BCUT2D eigenvalue weighted by Crippen LogP contribution is -2.28. The molecule has 0 aromatic heterocycles. The molecule has 0 bridgehead atoms. The molecule has 1 aromatic rings. The van der Waals surface area contributed by atoms with Crippen molar-refractivity contribution in [2.45, 2.75) is 13.5 Å². The van der Waals surface area contributed by atoms with Gasteiger partial charge in [0.15, 0.2) is 0 Å². The average molecular weight is 235 g/mol. The molecule has 0 heterocycles. The minimum Gasteiger partial charge on any atom is -0.384 e. The van der Waals surface area contributed by atoms with Gasteiger partial charge in [-0.15, -0.1) is 0 Å². The lowest BCUT2D eigenvalue weighted by molar-refractivity contribution is 0.147. The predicted molar refractivity (Wildman–Crippen MR) is 70.3 cm³/mol. The Kier molecular flexibility index (Phi) is 5.66. The number of rotatable bonds is 7. The average Bonchev–Trinajstić information content (AvgIpc) is 2.34. The Balaban J connectivity index is 2.75. The van der Waals surface area contributed by atoms with E-state index in [0.29, 0.717) is 0 Å². The summed E-state index contributed by atoms with van der Waals surface area (Å²) in [6, 6.07) is 7.80. The molecule has 0 saturated carbocycles. The monoisotopic (exact) mass is 235 g/mol. The third kappa shape index (κ3) is 4.17. The number of hydrogen-bond acceptors (Lipinski definition) is 3. The molecule has 3 N–H and O–H groups in total. The predicted octanol–water partition coefficient (Wildman–Crippen LogP) is 1.44. The Hall–Kier alpha value is -1.39. The van der Waals surface area contributed by atoms with Crippen LogP contribution < -0.4 is 5.73 Å². The molecule has 1 aromatic carbocycles. The summed E-state index contributed by atoms with van der Waals surface area (Å²) < 4.78 is 5.08. The number of nitrogens with two attached hydrogens (primary N) is 1. The number of nitrogen functional groups attached to an aromatic ring is 1. The van der Waals surface area contributed by atoms with Crippen molar-refractivity contribution in [3.63, 3.8) is 0 Å². The van der Waals surface area contributed by atoms with Crippen LogP contribution in [0, 0.1) is 5.41 Å². The SMILES string of the molecule is CCN(CCOC)Cc1ccccc1C(=N)N. The number of nitrogens with one attached hydrogen (secondary N) is 1. The van der Waals surface area contributed by atoms with Crippen LogP contribution in [0.1, 0.15) is 18.1 Å². The minimum atomic E-state index is 0.128. The zero-order valence-corrected chi connectivity index (χ0v) is 10.6. The molecule has 0 atom stereocenters.